The van der Waals surface area contributed by atoms with E-state index in [1.165, 1.54) is 18.2 Å². The predicted octanol–water partition coefficient (Wildman–Crippen LogP) is 1.38. The number of fused-ring (bicyclic) bond motifs is 2. The van der Waals surface area contributed by atoms with Crippen molar-refractivity contribution in [3.8, 4) is 0 Å². The van der Waals surface area contributed by atoms with Crippen LogP contribution in [-0.4, -0.2) is 59.5 Å². The number of nitrogens with zero attached hydrogens (tertiary/aromatic N) is 1. The van der Waals surface area contributed by atoms with E-state index in [9.17, 15) is 23.4 Å². The Morgan fingerprint density at radius 3 is 2.23 bits per heavy atom. The first kappa shape index (κ1) is 18.9. The first-order chi connectivity index (χ1) is 11.9. The van der Waals surface area contributed by atoms with Crippen LogP contribution in [0.2, 0.25) is 0 Å². The van der Waals surface area contributed by atoms with Gasteiger partial charge in [-0.25, -0.2) is 13.2 Å². The Kier molecular flexibility index (Phi) is 4.41. The van der Waals surface area contributed by atoms with Crippen LogP contribution >= 0.6 is 0 Å². The number of rotatable bonds is 2. The number of hydrogen-bond donors (Lipinski definition) is 2. The quantitative estimate of drug-likeness (QED) is 0.802. The molecule has 1 aromatic rings. The number of benzene rings is 1. The lowest BCUT2D eigenvalue weighted by molar-refractivity contribution is 0.0188. The average molecular weight is 381 g/mol. The smallest absolute Gasteiger partial charge is 0.411 e. The molecule has 7 nitrogen and oxygen atoms in total. The molecule has 2 N–H and O–H groups in total. The minimum absolute atomic E-state index is 0.0766. The summed E-state index contributed by atoms with van der Waals surface area (Å²) in [7, 11) is -3.91. The van der Waals surface area contributed by atoms with E-state index in [-0.39, 0.29) is 9.80 Å². The molecule has 0 aliphatic carbocycles. The number of carbonyl (C=O) groups excluding carboxylic acids is 1. The molecule has 0 radical (unpaired) electrons. The van der Waals surface area contributed by atoms with E-state index in [4.69, 9.17) is 4.74 Å². The Bertz CT molecular complexity index is 853. The zero-order valence-electron chi connectivity index (χ0n) is 15.1. The first-order valence-electron chi connectivity index (χ1n) is 8.34. The highest BCUT2D eigenvalue weighted by molar-refractivity contribution is 7.95. The number of ether oxygens (including phenoxy) is 1. The van der Waals surface area contributed by atoms with Crippen molar-refractivity contribution in [3.05, 3.63) is 40.8 Å². The van der Waals surface area contributed by atoms with E-state index in [0.29, 0.717) is 0 Å². The summed E-state index contributed by atoms with van der Waals surface area (Å²) in [5.74, 6) is 0. The van der Waals surface area contributed by atoms with Gasteiger partial charge in [-0.1, -0.05) is 17.7 Å². The van der Waals surface area contributed by atoms with Gasteiger partial charge in [0.2, 0.25) is 9.84 Å². The van der Waals surface area contributed by atoms with Crippen LogP contribution < -0.4 is 0 Å². The summed E-state index contributed by atoms with van der Waals surface area (Å²) < 4.78 is 31.3. The Morgan fingerprint density at radius 2 is 1.69 bits per heavy atom. The van der Waals surface area contributed by atoms with Crippen LogP contribution in [0.3, 0.4) is 0 Å². The molecule has 142 valence electrons. The van der Waals surface area contributed by atoms with Crippen molar-refractivity contribution in [2.24, 2.45) is 0 Å². The van der Waals surface area contributed by atoms with E-state index in [1.807, 2.05) is 6.92 Å². The minimum atomic E-state index is -3.91. The maximum atomic E-state index is 13.0. The topological polar surface area (TPSA) is 104 Å². The first-order valence-corrected chi connectivity index (χ1v) is 9.83. The number of sulfone groups is 1. The van der Waals surface area contributed by atoms with Gasteiger partial charge < -0.3 is 14.9 Å². The average Bonchev–Trinajstić information content (AvgIpc) is 3.02. The third-order valence-corrected chi connectivity index (χ3v) is 6.41. The van der Waals surface area contributed by atoms with Gasteiger partial charge in [-0.3, -0.25) is 4.90 Å². The van der Waals surface area contributed by atoms with Crippen molar-refractivity contribution in [1.29, 1.82) is 0 Å². The molecule has 0 unspecified atom stereocenters. The number of amides is 1. The van der Waals surface area contributed by atoms with Crippen LogP contribution in [0.25, 0.3) is 0 Å². The maximum absolute atomic E-state index is 13.0. The highest BCUT2D eigenvalue weighted by Gasteiger charge is 2.58. The highest BCUT2D eigenvalue weighted by Crippen LogP contribution is 2.42. The second-order valence-electron chi connectivity index (χ2n) is 7.69. The van der Waals surface area contributed by atoms with Gasteiger partial charge in [0.05, 0.1) is 15.8 Å². The molecule has 1 aromatic carbocycles. The summed E-state index contributed by atoms with van der Waals surface area (Å²) in [6.45, 7) is 6.91. The molecule has 0 spiro atoms. The standard InChI is InChI=1S/C18H23NO6S/c1-10-5-7-11(8-6-10)26(23,24)13-9-12-15(20)16(21)14(13)19(12)17(22)25-18(2,3)4/h5-9,12,14-16,20-21H,1-4H3/t12-,14+,15-,16+/m0/s1. The third kappa shape index (κ3) is 3.02. The summed E-state index contributed by atoms with van der Waals surface area (Å²) in [6, 6.07) is 4.21. The summed E-state index contributed by atoms with van der Waals surface area (Å²) in [5.41, 5.74) is 0.127. The van der Waals surface area contributed by atoms with Gasteiger partial charge in [0, 0.05) is 0 Å². The predicted molar refractivity (Wildman–Crippen MR) is 94.1 cm³/mol. The minimum Gasteiger partial charge on any atom is -0.444 e. The third-order valence-electron chi connectivity index (χ3n) is 4.52. The van der Waals surface area contributed by atoms with Crippen molar-refractivity contribution in [2.75, 3.05) is 0 Å². The molecule has 1 amide bonds. The molecule has 2 aliphatic heterocycles. The molecule has 1 saturated heterocycles. The zero-order valence-corrected chi connectivity index (χ0v) is 15.9. The van der Waals surface area contributed by atoms with Gasteiger partial charge in [0.1, 0.15) is 23.9 Å². The number of hydrogen-bond acceptors (Lipinski definition) is 6. The number of carbonyl (C=O) groups is 1. The lowest BCUT2D eigenvalue weighted by atomic mass is 10.0. The molecule has 0 saturated carbocycles. The van der Waals surface area contributed by atoms with E-state index in [1.54, 1.807) is 32.9 Å². The molecule has 8 heteroatoms. The molecule has 2 aliphatic rings. The lowest BCUT2D eigenvalue weighted by Gasteiger charge is -2.28. The molecule has 1 fully saturated rings. The molecule has 3 rings (SSSR count). The van der Waals surface area contributed by atoms with Crippen molar-refractivity contribution < 1.29 is 28.2 Å². The molecular weight excluding hydrogens is 358 g/mol. The summed E-state index contributed by atoms with van der Waals surface area (Å²) in [5, 5.41) is 20.5. The van der Waals surface area contributed by atoms with E-state index < -0.39 is 45.8 Å². The van der Waals surface area contributed by atoms with E-state index in [2.05, 4.69) is 0 Å². The second kappa shape index (κ2) is 6.07. The van der Waals surface area contributed by atoms with Crippen molar-refractivity contribution in [1.82, 2.24) is 4.90 Å². The van der Waals surface area contributed by atoms with Gasteiger partial charge in [-0.15, -0.1) is 0 Å². The van der Waals surface area contributed by atoms with Gasteiger partial charge in [0.15, 0.2) is 0 Å². The highest BCUT2D eigenvalue weighted by atomic mass is 32.2. The number of aliphatic hydroxyl groups excluding tert-OH is 2. The van der Waals surface area contributed by atoms with Crippen molar-refractivity contribution in [3.63, 3.8) is 0 Å². The molecule has 26 heavy (non-hydrogen) atoms. The molecule has 2 bridgehead atoms. The number of aliphatic hydroxyl groups is 2. The van der Waals surface area contributed by atoms with E-state index in [0.717, 1.165) is 10.5 Å². The van der Waals surface area contributed by atoms with Crippen molar-refractivity contribution in [2.45, 2.75) is 62.5 Å². The summed E-state index contributed by atoms with van der Waals surface area (Å²) in [6.07, 6.45) is -2.09. The molecule has 4 atom stereocenters. The Hall–Kier alpha value is -1.90. The summed E-state index contributed by atoms with van der Waals surface area (Å²) in [4.78, 5) is 13.6. The summed E-state index contributed by atoms with van der Waals surface area (Å²) >= 11 is 0. The fourth-order valence-corrected chi connectivity index (χ4v) is 4.96. The maximum Gasteiger partial charge on any atom is 0.411 e. The fraction of sp³-hybridized carbons (Fsp3) is 0.500. The Balaban J connectivity index is 1.98. The molecule has 0 aromatic heterocycles. The van der Waals surface area contributed by atoms with Crippen LogP contribution in [0.1, 0.15) is 26.3 Å². The monoisotopic (exact) mass is 381 g/mol. The van der Waals surface area contributed by atoms with E-state index >= 15 is 0 Å². The largest absolute Gasteiger partial charge is 0.444 e. The van der Waals surface area contributed by atoms with Crippen LogP contribution in [-0.2, 0) is 14.6 Å². The van der Waals surface area contributed by atoms with Crippen LogP contribution in [0.15, 0.2) is 40.1 Å². The Morgan fingerprint density at radius 1 is 1.12 bits per heavy atom. The fourth-order valence-electron chi connectivity index (χ4n) is 3.31. The van der Waals surface area contributed by atoms with Crippen LogP contribution in [0.4, 0.5) is 4.79 Å². The lowest BCUT2D eigenvalue weighted by Crippen LogP contribution is -2.43. The Labute approximate surface area is 152 Å². The molecular formula is C18H23NO6S. The van der Waals surface area contributed by atoms with Crippen LogP contribution in [0, 0.1) is 6.92 Å². The normalized spacial score (nSPS) is 28.2. The van der Waals surface area contributed by atoms with Gasteiger partial charge in [-0.2, -0.15) is 0 Å². The SMILES string of the molecule is Cc1ccc(S(=O)(=O)C2=C[C@H]3[C@H](O)[C@H](O)[C@@H]2N3C(=O)OC(C)(C)C)cc1. The zero-order chi connectivity index (χ0) is 19.4. The van der Waals surface area contributed by atoms with Gasteiger partial charge in [-0.05, 0) is 45.9 Å². The number of aryl methyl sites for hydroxylation is 1. The van der Waals surface area contributed by atoms with Crippen molar-refractivity contribution >= 4 is 15.9 Å². The van der Waals surface area contributed by atoms with Gasteiger partial charge in [0.25, 0.3) is 0 Å². The molecule has 2 heterocycles. The second-order valence-corrected chi connectivity index (χ2v) is 9.64. The van der Waals surface area contributed by atoms with Gasteiger partial charge >= 0.3 is 6.09 Å². The van der Waals surface area contributed by atoms with Crippen LogP contribution in [0.5, 0.6) is 0 Å².